The second-order valence-electron chi connectivity index (χ2n) is 8.25. The van der Waals surface area contributed by atoms with Crippen LogP contribution in [-0.4, -0.2) is 43.4 Å². The molecule has 1 aliphatic carbocycles. The second-order valence-corrected chi connectivity index (χ2v) is 9.20. The minimum absolute atomic E-state index is 0.0332. The van der Waals surface area contributed by atoms with Crippen molar-refractivity contribution >= 4 is 17.7 Å². The highest BCUT2D eigenvalue weighted by atomic mass is 32.2. The van der Waals surface area contributed by atoms with Crippen molar-refractivity contribution in [3.05, 3.63) is 90.0 Å². The molecular weight excluding hydrogens is 449 g/mol. The van der Waals surface area contributed by atoms with Crippen LogP contribution in [0.3, 0.4) is 0 Å². The first-order valence-electron chi connectivity index (χ1n) is 11.2. The molecule has 2 heterocycles. The van der Waals surface area contributed by atoms with Crippen molar-refractivity contribution in [1.29, 1.82) is 0 Å². The van der Waals surface area contributed by atoms with E-state index in [4.69, 9.17) is 0 Å². The van der Waals surface area contributed by atoms with Crippen molar-refractivity contribution in [3.8, 4) is 17.1 Å². The summed E-state index contributed by atoms with van der Waals surface area (Å²) in [4.78, 5) is 19.1. The van der Waals surface area contributed by atoms with E-state index in [2.05, 4.69) is 33.4 Å². The lowest BCUT2D eigenvalue weighted by Gasteiger charge is -2.33. The van der Waals surface area contributed by atoms with Gasteiger partial charge in [-0.3, -0.25) is 14.3 Å². The van der Waals surface area contributed by atoms with Crippen molar-refractivity contribution in [1.82, 2.24) is 24.6 Å². The number of hydrogen-bond donors (Lipinski definition) is 0. The smallest absolute Gasteiger partial charge is 0.233 e. The predicted octanol–water partition coefficient (Wildman–Crippen LogP) is 5.10. The van der Waals surface area contributed by atoms with Crippen LogP contribution in [0.5, 0.6) is 0 Å². The van der Waals surface area contributed by atoms with Gasteiger partial charge in [-0.15, -0.1) is 10.2 Å². The number of rotatable bonds is 6. The summed E-state index contributed by atoms with van der Waals surface area (Å²) in [6.07, 6.45) is 6.46. The third-order valence-corrected chi connectivity index (χ3v) is 7.09. The molecule has 0 saturated carbocycles. The van der Waals surface area contributed by atoms with Crippen molar-refractivity contribution in [3.63, 3.8) is 0 Å². The maximum atomic E-state index is 13.6. The Morgan fingerprint density at radius 3 is 2.65 bits per heavy atom. The number of aromatic nitrogens is 4. The van der Waals surface area contributed by atoms with Gasteiger partial charge in [0.05, 0.1) is 11.8 Å². The van der Waals surface area contributed by atoms with Crippen LogP contribution in [0.1, 0.15) is 30.0 Å². The fraction of sp³-hybridized carbons (Fsp3) is 0.231. The summed E-state index contributed by atoms with van der Waals surface area (Å²) >= 11 is 1.33. The standard InChI is InChI=1S/C26H24FN5OS/c1-31(23-8-4-6-18-5-2-3-7-22(18)23)24(33)17-34-26-30-29-25(19-13-15-28-16-14-19)32(26)21-11-9-20(27)10-12-21/h2-3,5,7,9-16,23H,4,6,8,17H2,1H3/t23-/m0/s1. The van der Waals surface area contributed by atoms with Gasteiger partial charge in [-0.25, -0.2) is 4.39 Å². The highest BCUT2D eigenvalue weighted by molar-refractivity contribution is 7.99. The number of hydrogen-bond acceptors (Lipinski definition) is 5. The van der Waals surface area contributed by atoms with E-state index in [-0.39, 0.29) is 23.5 Å². The number of thioether (sulfide) groups is 1. The topological polar surface area (TPSA) is 63.9 Å². The lowest BCUT2D eigenvalue weighted by molar-refractivity contribution is -0.129. The Balaban J connectivity index is 1.39. The number of nitrogens with zero attached hydrogens (tertiary/aromatic N) is 5. The van der Waals surface area contributed by atoms with Crippen molar-refractivity contribution in [2.24, 2.45) is 0 Å². The maximum absolute atomic E-state index is 13.6. The summed E-state index contributed by atoms with van der Waals surface area (Å²) in [6, 6.07) is 18.3. The van der Waals surface area contributed by atoms with Gasteiger partial charge in [0.25, 0.3) is 0 Å². The molecule has 0 fully saturated rings. The number of amides is 1. The second kappa shape index (κ2) is 9.77. The van der Waals surface area contributed by atoms with Crippen LogP contribution >= 0.6 is 11.8 Å². The van der Waals surface area contributed by atoms with Crippen LogP contribution in [-0.2, 0) is 11.2 Å². The number of benzene rings is 2. The van der Waals surface area contributed by atoms with E-state index >= 15 is 0 Å². The van der Waals surface area contributed by atoms with Gasteiger partial charge in [-0.1, -0.05) is 36.0 Å². The summed E-state index contributed by atoms with van der Waals surface area (Å²) in [5.41, 5.74) is 4.12. The average Bonchev–Trinajstić information content (AvgIpc) is 3.31. The lowest BCUT2D eigenvalue weighted by Crippen LogP contribution is -2.34. The normalized spacial score (nSPS) is 15.1. The molecule has 0 aliphatic heterocycles. The molecule has 0 unspecified atom stereocenters. The van der Waals surface area contributed by atoms with Gasteiger partial charge in [0, 0.05) is 30.7 Å². The van der Waals surface area contributed by atoms with Crippen molar-refractivity contribution < 1.29 is 9.18 Å². The van der Waals surface area contributed by atoms with Gasteiger partial charge in [-0.05, 0) is 66.8 Å². The first-order valence-corrected chi connectivity index (χ1v) is 12.2. The van der Waals surface area contributed by atoms with Crippen LogP contribution in [0.25, 0.3) is 17.1 Å². The summed E-state index contributed by atoms with van der Waals surface area (Å²) in [6.45, 7) is 0. The quantitative estimate of drug-likeness (QED) is 0.365. The number of pyridine rings is 1. The molecule has 8 heteroatoms. The summed E-state index contributed by atoms with van der Waals surface area (Å²) in [7, 11) is 1.88. The molecule has 0 spiro atoms. The van der Waals surface area contributed by atoms with Crippen LogP contribution in [0.4, 0.5) is 4.39 Å². The predicted molar refractivity (Wildman–Crippen MR) is 130 cm³/mol. The van der Waals surface area contributed by atoms with E-state index in [1.54, 1.807) is 24.5 Å². The molecule has 1 aliphatic rings. The molecule has 0 N–H and O–H groups in total. The Morgan fingerprint density at radius 1 is 1.09 bits per heavy atom. The van der Waals surface area contributed by atoms with Crippen molar-refractivity contribution in [2.75, 3.05) is 12.8 Å². The van der Waals surface area contributed by atoms with E-state index in [0.717, 1.165) is 30.5 Å². The molecule has 4 aromatic rings. The van der Waals surface area contributed by atoms with Crippen molar-refractivity contribution in [2.45, 2.75) is 30.5 Å². The minimum atomic E-state index is -0.318. The first kappa shape index (κ1) is 22.3. The van der Waals surface area contributed by atoms with E-state index in [1.165, 1.54) is 35.0 Å². The van der Waals surface area contributed by atoms with E-state index in [0.29, 0.717) is 11.0 Å². The van der Waals surface area contributed by atoms with Crippen LogP contribution in [0, 0.1) is 5.82 Å². The molecule has 1 atom stereocenters. The molecule has 5 rings (SSSR count). The molecule has 0 bridgehead atoms. The zero-order chi connectivity index (χ0) is 23.5. The fourth-order valence-corrected chi connectivity index (χ4v) is 5.28. The third kappa shape index (κ3) is 4.46. The number of fused-ring (bicyclic) bond motifs is 1. The lowest BCUT2D eigenvalue weighted by atomic mass is 9.87. The zero-order valence-electron chi connectivity index (χ0n) is 18.8. The Morgan fingerprint density at radius 2 is 1.85 bits per heavy atom. The van der Waals surface area contributed by atoms with Crippen LogP contribution < -0.4 is 0 Å². The first-order chi connectivity index (χ1) is 16.6. The van der Waals surface area contributed by atoms with Crippen LogP contribution in [0.2, 0.25) is 0 Å². The highest BCUT2D eigenvalue weighted by Crippen LogP contribution is 2.34. The SMILES string of the molecule is CN(C(=O)CSc1nnc(-c2ccncc2)n1-c1ccc(F)cc1)[C@H]1CCCc2ccccc21. The van der Waals surface area contributed by atoms with Gasteiger partial charge < -0.3 is 4.90 Å². The third-order valence-electron chi connectivity index (χ3n) is 6.18. The molecule has 1 amide bonds. The van der Waals surface area contributed by atoms with Gasteiger partial charge >= 0.3 is 0 Å². The Labute approximate surface area is 201 Å². The summed E-state index contributed by atoms with van der Waals surface area (Å²) in [5, 5.41) is 9.31. The average molecular weight is 474 g/mol. The maximum Gasteiger partial charge on any atom is 0.233 e. The Bertz CT molecular complexity index is 1290. The monoisotopic (exact) mass is 473 g/mol. The molecule has 6 nitrogen and oxygen atoms in total. The molecule has 2 aromatic carbocycles. The van der Waals surface area contributed by atoms with E-state index in [1.807, 2.05) is 34.7 Å². The van der Waals surface area contributed by atoms with Gasteiger partial charge in [0.2, 0.25) is 5.91 Å². The molecule has 172 valence electrons. The largest absolute Gasteiger partial charge is 0.338 e. The number of aryl methyl sites for hydroxylation is 1. The van der Waals surface area contributed by atoms with Gasteiger partial charge in [0.15, 0.2) is 11.0 Å². The number of halogens is 1. The molecular formula is C26H24FN5OS. The van der Waals surface area contributed by atoms with E-state index in [9.17, 15) is 9.18 Å². The van der Waals surface area contributed by atoms with Gasteiger partial charge in [-0.2, -0.15) is 0 Å². The number of carbonyl (C=O) groups excluding carboxylic acids is 1. The fourth-order valence-electron chi connectivity index (χ4n) is 4.41. The molecule has 0 saturated heterocycles. The zero-order valence-corrected chi connectivity index (χ0v) is 19.6. The van der Waals surface area contributed by atoms with E-state index < -0.39 is 0 Å². The molecule has 0 radical (unpaired) electrons. The summed E-state index contributed by atoms with van der Waals surface area (Å²) in [5.74, 6) is 0.551. The minimum Gasteiger partial charge on any atom is -0.338 e. The van der Waals surface area contributed by atoms with Crippen LogP contribution in [0.15, 0.2) is 78.2 Å². The molecule has 2 aromatic heterocycles. The Hall–Kier alpha value is -3.52. The number of carbonyl (C=O) groups is 1. The molecule has 34 heavy (non-hydrogen) atoms. The highest BCUT2D eigenvalue weighted by Gasteiger charge is 2.27. The Kier molecular flexibility index (Phi) is 6.40. The summed E-state index contributed by atoms with van der Waals surface area (Å²) < 4.78 is 15.4. The van der Waals surface area contributed by atoms with Gasteiger partial charge in [0.1, 0.15) is 5.82 Å².